The molecule has 0 heterocycles. The first-order valence-electron chi connectivity index (χ1n) is 5.01. The summed E-state index contributed by atoms with van der Waals surface area (Å²) in [5.41, 5.74) is 1.60. The molecule has 0 aliphatic heterocycles. The van der Waals surface area contributed by atoms with Crippen molar-refractivity contribution in [2.45, 2.75) is 26.2 Å². The lowest BCUT2D eigenvalue weighted by atomic mass is 10.0. The monoisotopic (exact) mass is 244 g/mol. The molecule has 0 bridgehead atoms. The van der Waals surface area contributed by atoms with Crippen LogP contribution in [0.4, 0.5) is 0 Å². The van der Waals surface area contributed by atoms with Crippen LogP contribution < -0.4 is 0 Å². The quantitative estimate of drug-likeness (QED) is 0.430. The Morgan fingerprint density at radius 3 is 2.67 bits per heavy atom. The fraction of sp³-hybridized carbons (Fsp3) is 0.417. The lowest BCUT2D eigenvalue weighted by Crippen LogP contribution is -2.02. The van der Waals surface area contributed by atoms with E-state index in [-0.39, 0.29) is 5.78 Å². The van der Waals surface area contributed by atoms with Crippen LogP contribution in [0.3, 0.4) is 0 Å². The van der Waals surface area contributed by atoms with E-state index in [0.717, 1.165) is 18.4 Å². The van der Waals surface area contributed by atoms with E-state index in [2.05, 4.69) is 0 Å². The molecule has 1 aromatic carbocycles. The van der Waals surface area contributed by atoms with Crippen molar-refractivity contribution in [3.8, 4) is 0 Å². The third-order valence-corrected chi connectivity index (χ3v) is 2.87. The molecule has 3 heteroatoms. The van der Waals surface area contributed by atoms with Crippen molar-refractivity contribution in [2.24, 2.45) is 0 Å². The molecule has 0 atom stereocenters. The highest BCUT2D eigenvalue weighted by molar-refractivity contribution is 6.34. The van der Waals surface area contributed by atoms with Crippen molar-refractivity contribution >= 4 is 29.0 Å². The number of carbonyl (C=O) groups is 1. The number of unbranched alkanes of at least 4 members (excludes halogenated alkanes) is 1. The summed E-state index contributed by atoms with van der Waals surface area (Å²) in [7, 11) is 0. The molecule has 1 nitrogen and oxygen atoms in total. The van der Waals surface area contributed by atoms with Crippen molar-refractivity contribution in [1.82, 2.24) is 0 Å². The van der Waals surface area contributed by atoms with Gasteiger partial charge in [-0.15, -0.1) is 11.6 Å². The predicted octanol–water partition coefficient (Wildman–Crippen LogP) is 4.24. The maximum atomic E-state index is 11.8. The predicted molar refractivity (Wildman–Crippen MR) is 65.1 cm³/mol. The number of hydrogen-bond donors (Lipinski definition) is 0. The van der Waals surface area contributed by atoms with Crippen LogP contribution in [0.25, 0.3) is 0 Å². The zero-order valence-corrected chi connectivity index (χ0v) is 10.2. The largest absolute Gasteiger partial charge is 0.294 e. The van der Waals surface area contributed by atoms with Gasteiger partial charge in [0.2, 0.25) is 0 Å². The van der Waals surface area contributed by atoms with E-state index in [1.165, 1.54) is 0 Å². The molecule has 0 saturated carbocycles. The second-order valence-electron chi connectivity index (χ2n) is 3.50. The maximum Gasteiger partial charge on any atom is 0.164 e. The molecule has 15 heavy (non-hydrogen) atoms. The van der Waals surface area contributed by atoms with Crippen LogP contribution in [0, 0.1) is 6.92 Å². The molecule has 0 spiro atoms. The number of Topliss-reactive ketones (excluding diaryl/α,β-unsaturated/α-hetero) is 1. The summed E-state index contributed by atoms with van der Waals surface area (Å²) >= 11 is 11.5. The minimum atomic E-state index is 0.114. The van der Waals surface area contributed by atoms with Crippen molar-refractivity contribution in [2.75, 3.05) is 5.88 Å². The zero-order valence-electron chi connectivity index (χ0n) is 8.72. The summed E-state index contributed by atoms with van der Waals surface area (Å²) in [5, 5.41) is 0.547. The molecule has 82 valence electrons. The molecule has 0 aliphatic rings. The van der Waals surface area contributed by atoms with Crippen molar-refractivity contribution < 1.29 is 4.79 Å². The van der Waals surface area contributed by atoms with Gasteiger partial charge in [-0.3, -0.25) is 4.79 Å². The zero-order chi connectivity index (χ0) is 11.3. The normalized spacial score (nSPS) is 10.3. The van der Waals surface area contributed by atoms with Crippen LogP contribution >= 0.6 is 23.2 Å². The van der Waals surface area contributed by atoms with Gasteiger partial charge in [-0.1, -0.05) is 23.7 Å². The highest BCUT2D eigenvalue weighted by atomic mass is 35.5. The number of ketones is 1. The van der Waals surface area contributed by atoms with Crippen LogP contribution in [-0.4, -0.2) is 11.7 Å². The number of alkyl halides is 1. The Kier molecular flexibility index (Phi) is 5.13. The SMILES string of the molecule is Cc1cccc(Cl)c1C(=O)CCCCCl. The fourth-order valence-corrected chi connectivity index (χ4v) is 2.01. The summed E-state index contributed by atoms with van der Waals surface area (Å²) in [4.78, 5) is 11.8. The van der Waals surface area contributed by atoms with E-state index in [9.17, 15) is 4.79 Å². The second kappa shape index (κ2) is 6.14. The number of aryl methyl sites for hydroxylation is 1. The number of benzene rings is 1. The molecule has 0 aromatic heterocycles. The van der Waals surface area contributed by atoms with Crippen LogP contribution in [0.15, 0.2) is 18.2 Å². The molecular weight excluding hydrogens is 231 g/mol. The van der Waals surface area contributed by atoms with Crippen molar-refractivity contribution in [3.05, 3.63) is 34.3 Å². The van der Waals surface area contributed by atoms with Gasteiger partial charge in [0.25, 0.3) is 0 Å². The minimum absolute atomic E-state index is 0.114. The first-order valence-corrected chi connectivity index (χ1v) is 5.92. The topological polar surface area (TPSA) is 17.1 Å². The first kappa shape index (κ1) is 12.5. The summed E-state index contributed by atoms with van der Waals surface area (Å²) in [5.74, 6) is 0.720. The molecule has 0 saturated heterocycles. The van der Waals surface area contributed by atoms with Crippen molar-refractivity contribution in [3.63, 3.8) is 0 Å². The Labute approximate surface area is 100 Å². The van der Waals surface area contributed by atoms with Gasteiger partial charge in [0.1, 0.15) is 0 Å². The summed E-state index contributed by atoms with van der Waals surface area (Å²) < 4.78 is 0. The Bertz CT molecular complexity index is 327. The van der Waals surface area contributed by atoms with Gasteiger partial charge in [0.05, 0.1) is 5.02 Å². The maximum absolute atomic E-state index is 11.8. The standard InChI is InChI=1S/C12H14Cl2O/c1-9-5-4-6-10(14)12(9)11(15)7-2-3-8-13/h4-6H,2-3,7-8H2,1H3. The smallest absolute Gasteiger partial charge is 0.164 e. The molecule has 1 rings (SSSR count). The molecule has 0 amide bonds. The number of halogens is 2. The van der Waals surface area contributed by atoms with E-state index in [1.54, 1.807) is 6.07 Å². The molecule has 0 unspecified atom stereocenters. The summed E-state index contributed by atoms with van der Waals surface area (Å²) in [6, 6.07) is 5.51. The van der Waals surface area contributed by atoms with Gasteiger partial charge in [0, 0.05) is 17.9 Å². The first-order chi connectivity index (χ1) is 7.16. The highest BCUT2D eigenvalue weighted by Gasteiger charge is 2.12. The lowest BCUT2D eigenvalue weighted by molar-refractivity contribution is 0.0979. The van der Waals surface area contributed by atoms with Crippen LogP contribution in [0.1, 0.15) is 35.2 Å². The number of hydrogen-bond acceptors (Lipinski definition) is 1. The average Bonchev–Trinajstić information content (AvgIpc) is 2.18. The molecule has 0 N–H and O–H groups in total. The van der Waals surface area contributed by atoms with E-state index >= 15 is 0 Å². The Balaban J connectivity index is 2.73. The minimum Gasteiger partial charge on any atom is -0.294 e. The Morgan fingerprint density at radius 2 is 2.07 bits per heavy atom. The van der Waals surface area contributed by atoms with Gasteiger partial charge in [0.15, 0.2) is 5.78 Å². The molecule has 1 aromatic rings. The van der Waals surface area contributed by atoms with Crippen molar-refractivity contribution in [1.29, 1.82) is 0 Å². The van der Waals surface area contributed by atoms with Gasteiger partial charge in [-0.05, 0) is 31.4 Å². The molecule has 0 aliphatic carbocycles. The van der Waals surface area contributed by atoms with Crippen LogP contribution in [0.5, 0.6) is 0 Å². The Hall–Kier alpha value is -0.530. The van der Waals surface area contributed by atoms with E-state index in [0.29, 0.717) is 22.9 Å². The van der Waals surface area contributed by atoms with Gasteiger partial charge >= 0.3 is 0 Å². The van der Waals surface area contributed by atoms with E-state index in [4.69, 9.17) is 23.2 Å². The summed E-state index contributed by atoms with van der Waals surface area (Å²) in [6.07, 6.45) is 2.22. The van der Waals surface area contributed by atoms with E-state index in [1.807, 2.05) is 19.1 Å². The third kappa shape index (κ3) is 3.51. The average molecular weight is 245 g/mol. The lowest BCUT2D eigenvalue weighted by Gasteiger charge is -2.06. The molecular formula is C12H14Cl2O. The van der Waals surface area contributed by atoms with Gasteiger partial charge in [-0.25, -0.2) is 0 Å². The number of carbonyl (C=O) groups excluding carboxylic acids is 1. The van der Waals surface area contributed by atoms with E-state index < -0.39 is 0 Å². The Morgan fingerprint density at radius 1 is 1.33 bits per heavy atom. The molecule has 0 fully saturated rings. The fourth-order valence-electron chi connectivity index (χ4n) is 1.49. The van der Waals surface area contributed by atoms with Crippen LogP contribution in [0.2, 0.25) is 5.02 Å². The second-order valence-corrected chi connectivity index (χ2v) is 4.29. The van der Waals surface area contributed by atoms with Crippen LogP contribution in [-0.2, 0) is 0 Å². The molecule has 0 radical (unpaired) electrons. The van der Waals surface area contributed by atoms with Gasteiger partial charge < -0.3 is 0 Å². The van der Waals surface area contributed by atoms with Gasteiger partial charge in [-0.2, -0.15) is 0 Å². The third-order valence-electron chi connectivity index (χ3n) is 2.29. The number of rotatable bonds is 5. The highest BCUT2D eigenvalue weighted by Crippen LogP contribution is 2.21. The summed E-state index contributed by atoms with van der Waals surface area (Å²) in [6.45, 7) is 1.90.